The molecule has 7 nitrogen and oxygen atoms in total. The number of nitrogens with one attached hydrogen (secondary N) is 1. The minimum absolute atomic E-state index is 0.138. The summed E-state index contributed by atoms with van der Waals surface area (Å²) < 4.78 is 22.6. The number of methoxy groups -OCH3 is 2. The molecule has 2 aliphatic rings. The SMILES string of the molecule is COc1cc(Oc2cc(C(=O)NC[C@@H]3C[C@@H]4CC[C@H]3O4)ccc2OC)ccc1CN. The van der Waals surface area contributed by atoms with E-state index in [1.807, 2.05) is 12.1 Å². The monoisotopic (exact) mass is 412 g/mol. The average Bonchev–Trinajstić information content (AvgIpc) is 3.40. The van der Waals surface area contributed by atoms with Gasteiger partial charge in [0.25, 0.3) is 5.91 Å². The van der Waals surface area contributed by atoms with Gasteiger partial charge in [-0.1, -0.05) is 6.07 Å². The first kappa shape index (κ1) is 20.5. The van der Waals surface area contributed by atoms with Crippen LogP contribution in [0.15, 0.2) is 36.4 Å². The molecule has 2 bridgehead atoms. The van der Waals surface area contributed by atoms with Crippen molar-refractivity contribution in [2.45, 2.75) is 38.0 Å². The minimum atomic E-state index is -0.138. The van der Waals surface area contributed by atoms with Crippen molar-refractivity contribution in [3.05, 3.63) is 47.5 Å². The third kappa shape index (κ3) is 4.22. The van der Waals surface area contributed by atoms with E-state index in [1.165, 1.54) is 0 Å². The molecule has 0 spiro atoms. The highest BCUT2D eigenvalue weighted by molar-refractivity contribution is 5.94. The van der Waals surface area contributed by atoms with E-state index >= 15 is 0 Å². The van der Waals surface area contributed by atoms with Crippen LogP contribution in [0.3, 0.4) is 0 Å². The first-order valence-electron chi connectivity index (χ1n) is 10.3. The van der Waals surface area contributed by atoms with Crippen molar-refractivity contribution >= 4 is 5.91 Å². The van der Waals surface area contributed by atoms with E-state index in [0.29, 0.717) is 53.7 Å². The highest BCUT2D eigenvalue weighted by Gasteiger charge is 2.40. The van der Waals surface area contributed by atoms with E-state index in [-0.39, 0.29) is 12.0 Å². The first-order chi connectivity index (χ1) is 14.6. The van der Waals surface area contributed by atoms with Crippen molar-refractivity contribution in [1.29, 1.82) is 0 Å². The van der Waals surface area contributed by atoms with Gasteiger partial charge in [-0.3, -0.25) is 4.79 Å². The number of carbonyl (C=O) groups excluding carboxylic acids is 1. The smallest absolute Gasteiger partial charge is 0.251 e. The summed E-state index contributed by atoms with van der Waals surface area (Å²) >= 11 is 0. The largest absolute Gasteiger partial charge is 0.496 e. The van der Waals surface area contributed by atoms with Gasteiger partial charge < -0.3 is 30.0 Å². The van der Waals surface area contributed by atoms with Gasteiger partial charge in [0, 0.05) is 36.2 Å². The van der Waals surface area contributed by atoms with E-state index in [2.05, 4.69) is 5.32 Å². The Bertz CT molecular complexity index is 916. The van der Waals surface area contributed by atoms with Crippen LogP contribution in [0.4, 0.5) is 0 Å². The predicted octanol–water partition coefficient (Wildman–Crippen LogP) is 3.25. The van der Waals surface area contributed by atoms with Crippen LogP contribution in [0, 0.1) is 5.92 Å². The van der Waals surface area contributed by atoms with E-state index in [1.54, 1.807) is 38.5 Å². The van der Waals surface area contributed by atoms with Gasteiger partial charge in [-0.25, -0.2) is 0 Å². The van der Waals surface area contributed by atoms with Gasteiger partial charge in [-0.15, -0.1) is 0 Å². The van der Waals surface area contributed by atoms with Gasteiger partial charge in [-0.2, -0.15) is 0 Å². The van der Waals surface area contributed by atoms with Crippen LogP contribution in [0.5, 0.6) is 23.0 Å². The zero-order valence-electron chi connectivity index (χ0n) is 17.4. The number of hydrogen-bond donors (Lipinski definition) is 2. The molecule has 0 saturated carbocycles. The van der Waals surface area contributed by atoms with E-state index < -0.39 is 0 Å². The van der Waals surface area contributed by atoms with Crippen LogP contribution in [-0.4, -0.2) is 38.9 Å². The summed E-state index contributed by atoms with van der Waals surface area (Å²) in [6.07, 6.45) is 3.93. The number of carbonyl (C=O) groups is 1. The fraction of sp³-hybridized carbons (Fsp3) is 0.435. The molecule has 160 valence electrons. The second-order valence-electron chi connectivity index (χ2n) is 7.73. The maximum atomic E-state index is 12.7. The Morgan fingerprint density at radius 2 is 1.93 bits per heavy atom. The van der Waals surface area contributed by atoms with Crippen molar-refractivity contribution < 1.29 is 23.7 Å². The molecule has 0 aliphatic carbocycles. The van der Waals surface area contributed by atoms with Gasteiger partial charge in [0.05, 0.1) is 26.4 Å². The molecule has 2 aliphatic heterocycles. The van der Waals surface area contributed by atoms with Gasteiger partial charge >= 0.3 is 0 Å². The lowest BCUT2D eigenvalue weighted by molar-refractivity contribution is 0.0873. The molecule has 0 unspecified atom stereocenters. The fourth-order valence-corrected chi connectivity index (χ4v) is 4.27. The Morgan fingerprint density at radius 1 is 1.10 bits per heavy atom. The Balaban J connectivity index is 1.47. The maximum absolute atomic E-state index is 12.7. The fourth-order valence-electron chi connectivity index (χ4n) is 4.27. The molecule has 1 amide bonds. The standard InChI is InChI=1S/C23H28N2O5/c1-27-20-7-4-14(23(26)25-13-16-9-17-6-8-19(16)29-17)10-22(20)30-18-5-3-15(12-24)21(11-18)28-2/h3-5,7,10-11,16-17,19H,6,8-9,12-13,24H2,1-2H3,(H,25,26)/t16-,17-,19+/m0/s1. The lowest BCUT2D eigenvalue weighted by Gasteiger charge is -2.19. The Kier molecular flexibility index (Phi) is 6.11. The summed E-state index contributed by atoms with van der Waals surface area (Å²) in [5, 5.41) is 3.04. The number of hydrogen-bond acceptors (Lipinski definition) is 6. The lowest BCUT2D eigenvalue weighted by atomic mass is 9.89. The van der Waals surface area contributed by atoms with Gasteiger partial charge in [-0.05, 0) is 43.5 Å². The number of amides is 1. The zero-order chi connectivity index (χ0) is 21.1. The topological polar surface area (TPSA) is 92.0 Å². The molecule has 4 rings (SSSR count). The summed E-state index contributed by atoms with van der Waals surface area (Å²) in [6.45, 7) is 0.996. The first-order valence-corrected chi connectivity index (χ1v) is 10.3. The van der Waals surface area contributed by atoms with Crippen molar-refractivity contribution in [2.75, 3.05) is 20.8 Å². The number of ether oxygens (including phenoxy) is 4. The molecule has 7 heteroatoms. The molecule has 2 aromatic rings. The molecule has 0 aromatic heterocycles. The maximum Gasteiger partial charge on any atom is 0.251 e. The molecule has 3 atom stereocenters. The number of nitrogens with two attached hydrogens (primary N) is 1. The summed E-state index contributed by atoms with van der Waals surface area (Å²) in [5.41, 5.74) is 7.13. The highest BCUT2D eigenvalue weighted by atomic mass is 16.5. The third-order valence-electron chi connectivity index (χ3n) is 5.89. The van der Waals surface area contributed by atoms with Gasteiger partial charge in [0.15, 0.2) is 11.5 Å². The van der Waals surface area contributed by atoms with Crippen LogP contribution in [0.1, 0.15) is 35.2 Å². The number of benzene rings is 2. The third-order valence-corrected chi connectivity index (χ3v) is 5.89. The molecular formula is C23H28N2O5. The number of rotatable bonds is 8. The normalized spacial score (nSPS) is 22.0. The quantitative estimate of drug-likeness (QED) is 0.692. The lowest BCUT2D eigenvalue weighted by Crippen LogP contribution is -2.33. The highest BCUT2D eigenvalue weighted by Crippen LogP contribution is 2.38. The van der Waals surface area contributed by atoms with E-state index in [0.717, 1.165) is 24.8 Å². The molecule has 0 radical (unpaired) electrons. The van der Waals surface area contributed by atoms with Gasteiger partial charge in [0.1, 0.15) is 11.5 Å². The van der Waals surface area contributed by atoms with E-state index in [4.69, 9.17) is 24.7 Å². The molecule has 2 heterocycles. The molecule has 2 aromatic carbocycles. The second-order valence-corrected chi connectivity index (χ2v) is 7.73. The number of fused-ring (bicyclic) bond motifs is 2. The van der Waals surface area contributed by atoms with E-state index in [9.17, 15) is 4.79 Å². The Morgan fingerprint density at radius 3 is 2.60 bits per heavy atom. The summed E-state index contributed by atoms with van der Waals surface area (Å²) in [7, 11) is 3.15. The van der Waals surface area contributed by atoms with Gasteiger partial charge in [0.2, 0.25) is 0 Å². The van der Waals surface area contributed by atoms with Crippen molar-refractivity contribution in [1.82, 2.24) is 5.32 Å². The Hall–Kier alpha value is -2.77. The predicted molar refractivity (Wildman–Crippen MR) is 112 cm³/mol. The van der Waals surface area contributed by atoms with Crippen molar-refractivity contribution in [3.63, 3.8) is 0 Å². The van der Waals surface area contributed by atoms with Crippen molar-refractivity contribution in [2.24, 2.45) is 11.7 Å². The molecule has 30 heavy (non-hydrogen) atoms. The zero-order valence-corrected chi connectivity index (χ0v) is 17.4. The molecule has 3 N–H and O–H groups in total. The van der Waals surface area contributed by atoms with Crippen LogP contribution in [0.25, 0.3) is 0 Å². The van der Waals surface area contributed by atoms with Crippen molar-refractivity contribution in [3.8, 4) is 23.0 Å². The van der Waals surface area contributed by atoms with Crippen LogP contribution in [0.2, 0.25) is 0 Å². The molecule has 2 saturated heterocycles. The average molecular weight is 412 g/mol. The van der Waals surface area contributed by atoms with Crippen LogP contribution < -0.4 is 25.3 Å². The Labute approximate surface area is 176 Å². The summed E-state index contributed by atoms with van der Waals surface area (Å²) in [5.74, 6) is 2.47. The second kappa shape index (κ2) is 8.93. The van der Waals surface area contributed by atoms with Crippen LogP contribution in [-0.2, 0) is 11.3 Å². The van der Waals surface area contributed by atoms with Crippen LogP contribution >= 0.6 is 0 Å². The summed E-state index contributed by atoms with van der Waals surface area (Å²) in [6, 6.07) is 10.6. The molecular weight excluding hydrogens is 384 g/mol. The molecule has 2 fully saturated rings. The summed E-state index contributed by atoms with van der Waals surface area (Å²) in [4.78, 5) is 12.7. The minimum Gasteiger partial charge on any atom is -0.496 e.